The molecule has 0 unspecified atom stereocenters. The van der Waals surface area contributed by atoms with Crippen LogP contribution in [0.3, 0.4) is 0 Å². The summed E-state index contributed by atoms with van der Waals surface area (Å²) in [6.07, 6.45) is 0. The minimum atomic E-state index is -0.502. The molecule has 128 valence electrons. The third kappa shape index (κ3) is 4.28. The number of nitrogens with one attached hydrogen (secondary N) is 2. The molecular weight excluding hydrogens is 315 g/mol. The van der Waals surface area contributed by atoms with E-state index in [0.29, 0.717) is 22.9 Å². The van der Waals surface area contributed by atoms with Crippen LogP contribution < -0.4 is 24.8 Å². The number of hydrogen-bond donors (Lipinski definition) is 2. The minimum absolute atomic E-state index is 0.0356. The van der Waals surface area contributed by atoms with Crippen LogP contribution >= 0.6 is 0 Å². The molecule has 2 aromatic carbocycles. The van der Waals surface area contributed by atoms with E-state index in [1.807, 2.05) is 0 Å². The number of halogens is 1. The number of anilines is 2. The monoisotopic (exact) mass is 334 g/mol. The number of amides is 1. The Kier molecular flexibility index (Phi) is 5.83. The molecule has 0 bridgehead atoms. The molecule has 0 atom stereocenters. The molecule has 7 heteroatoms. The fraction of sp³-hybridized carbons (Fsp3) is 0.235. The van der Waals surface area contributed by atoms with Gasteiger partial charge in [-0.15, -0.1) is 0 Å². The second-order valence-electron chi connectivity index (χ2n) is 4.82. The maximum atomic E-state index is 13.6. The summed E-state index contributed by atoms with van der Waals surface area (Å²) in [5.74, 6) is 0.442. The molecule has 0 aliphatic rings. The van der Waals surface area contributed by atoms with Gasteiger partial charge in [0.15, 0.2) is 11.6 Å². The quantitative estimate of drug-likeness (QED) is 0.815. The molecule has 0 saturated heterocycles. The summed E-state index contributed by atoms with van der Waals surface area (Å²) in [7, 11) is 4.43. The summed E-state index contributed by atoms with van der Waals surface area (Å²) < 4.78 is 28.8. The third-order valence-electron chi connectivity index (χ3n) is 3.29. The molecular formula is C17H19FN2O4. The van der Waals surface area contributed by atoms with Crippen LogP contribution in [0.4, 0.5) is 15.8 Å². The fourth-order valence-corrected chi connectivity index (χ4v) is 2.06. The highest BCUT2D eigenvalue weighted by molar-refractivity contribution is 5.95. The van der Waals surface area contributed by atoms with Gasteiger partial charge in [-0.25, -0.2) is 4.39 Å². The van der Waals surface area contributed by atoms with Crippen molar-refractivity contribution >= 4 is 17.3 Å². The predicted molar refractivity (Wildman–Crippen MR) is 89.6 cm³/mol. The Hall–Kier alpha value is -2.96. The van der Waals surface area contributed by atoms with Gasteiger partial charge in [-0.2, -0.15) is 0 Å². The zero-order chi connectivity index (χ0) is 17.5. The Balaban J connectivity index is 1.99. The van der Waals surface area contributed by atoms with Gasteiger partial charge in [0.2, 0.25) is 5.91 Å². The van der Waals surface area contributed by atoms with Crippen LogP contribution in [0.5, 0.6) is 17.2 Å². The SMILES string of the molecule is COc1ccc(OC)c(NC(=O)CNc2ccc(OC)c(F)c2)c1. The first kappa shape index (κ1) is 17.4. The van der Waals surface area contributed by atoms with Crippen molar-refractivity contribution in [3.8, 4) is 17.2 Å². The fourth-order valence-electron chi connectivity index (χ4n) is 2.06. The Morgan fingerprint density at radius 1 is 1.00 bits per heavy atom. The van der Waals surface area contributed by atoms with E-state index in [4.69, 9.17) is 14.2 Å². The molecule has 0 aliphatic carbocycles. The van der Waals surface area contributed by atoms with Crippen LogP contribution in [0.2, 0.25) is 0 Å². The highest BCUT2D eigenvalue weighted by Gasteiger charge is 2.10. The topological polar surface area (TPSA) is 68.8 Å². The lowest BCUT2D eigenvalue weighted by atomic mass is 10.2. The summed E-state index contributed by atoms with van der Waals surface area (Å²) >= 11 is 0. The lowest BCUT2D eigenvalue weighted by Gasteiger charge is -2.12. The van der Waals surface area contributed by atoms with Gasteiger partial charge in [-0.3, -0.25) is 4.79 Å². The van der Waals surface area contributed by atoms with Crippen molar-refractivity contribution < 1.29 is 23.4 Å². The van der Waals surface area contributed by atoms with Crippen molar-refractivity contribution in [1.29, 1.82) is 0 Å². The van der Waals surface area contributed by atoms with Crippen molar-refractivity contribution in [2.24, 2.45) is 0 Å². The van der Waals surface area contributed by atoms with E-state index < -0.39 is 5.82 Å². The second kappa shape index (κ2) is 8.05. The van der Waals surface area contributed by atoms with Crippen LogP contribution in [0.25, 0.3) is 0 Å². The first-order valence-electron chi connectivity index (χ1n) is 7.16. The van der Waals surface area contributed by atoms with Gasteiger partial charge in [0.1, 0.15) is 11.5 Å². The lowest BCUT2D eigenvalue weighted by molar-refractivity contribution is -0.114. The first-order chi connectivity index (χ1) is 11.6. The molecule has 0 fully saturated rings. The number of carbonyl (C=O) groups is 1. The van der Waals surface area contributed by atoms with Crippen LogP contribution in [0.1, 0.15) is 0 Å². The van der Waals surface area contributed by atoms with E-state index in [-0.39, 0.29) is 18.2 Å². The molecule has 24 heavy (non-hydrogen) atoms. The van der Waals surface area contributed by atoms with E-state index >= 15 is 0 Å². The van der Waals surface area contributed by atoms with Crippen molar-refractivity contribution in [3.05, 3.63) is 42.2 Å². The normalized spacial score (nSPS) is 10.0. The zero-order valence-corrected chi connectivity index (χ0v) is 13.7. The van der Waals surface area contributed by atoms with Crippen molar-refractivity contribution in [1.82, 2.24) is 0 Å². The van der Waals surface area contributed by atoms with E-state index in [0.717, 1.165) is 0 Å². The number of methoxy groups -OCH3 is 3. The van der Waals surface area contributed by atoms with Gasteiger partial charge in [0.05, 0.1) is 33.6 Å². The average molecular weight is 334 g/mol. The Bertz CT molecular complexity index is 722. The van der Waals surface area contributed by atoms with Crippen LogP contribution in [0.15, 0.2) is 36.4 Å². The molecule has 2 N–H and O–H groups in total. The molecule has 0 aliphatic heterocycles. The molecule has 0 aromatic heterocycles. The van der Waals surface area contributed by atoms with Crippen LogP contribution in [-0.4, -0.2) is 33.8 Å². The number of rotatable bonds is 7. The van der Waals surface area contributed by atoms with Crippen LogP contribution in [0, 0.1) is 5.82 Å². The standard InChI is InChI=1S/C17H19FN2O4/c1-22-12-5-7-16(24-3)14(9-12)20-17(21)10-19-11-4-6-15(23-2)13(18)8-11/h4-9,19H,10H2,1-3H3,(H,20,21). The average Bonchev–Trinajstić information content (AvgIpc) is 2.60. The maximum absolute atomic E-state index is 13.6. The van der Waals surface area contributed by atoms with Gasteiger partial charge < -0.3 is 24.8 Å². The Morgan fingerprint density at radius 2 is 1.71 bits per heavy atom. The second-order valence-corrected chi connectivity index (χ2v) is 4.82. The third-order valence-corrected chi connectivity index (χ3v) is 3.29. The number of ether oxygens (including phenoxy) is 3. The molecule has 0 heterocycles. The highest BCUT2D eigenvalue weighted by Crippen LogP contribution is 2.28. The molecule has 6 nitrogen and oxygen atoms in total. The lowest BCUT2D eigenvalue weighted by Crippen LogP contribution is -2.22. The molecule has 0 saturated carbocycles. The molecule has 0 radical (unpaired) electrons. The summed E-state index contributed by atoms with van der Waals surface area (Å²) in [5.41, 5.74) is 0.964. The van der Waals surface area contributed by atoms with Crippen molar-refractivity contribution in [3.63, 3.8) is 0 Å². The first-order valence-corrected chi connectivity index (χ1v) is 7.16. The number of hydrogen-bond acceptors (Lipinski definition) is 5. The molecule has 0 spiro atoms. The van der Waals surface area contributed by atoms with Gasteiger partial charge in [-0.1, -0.05) is 0 Å². The van der Waals surface area contributed by atoms with E-state index in [1.165, 1.54) is 33.5 Å². The van der Waals surface area contributed by atoms with E-state index in [1.54, 1.807) is 24.3 Å². The summed E-state index contributed by atoms with van der Waals surface area (Å²) in [6.45, 7) is -0.0356. The summed E-state index contributed by atoms with van der Waals surface area (Å²) in [4.78, 5) is 12.1. The minimum Gasteiger partial charge on any atom is -0.497 e. The van der Waals surface area contributed by atoms with Crippen molar-refractivity contribution in [2.45, 2.75) is 0 Å². The Labute approximate surface area is 139 Å². The molecule has 2 rings (SSSR count). The van der Waals surface area contributed by atoms with Gasteiger partial charge in [0.25, 0.3) is 0 Å². The summed E-state index contributed by atoms with van der Waals surface area (Å²) in [6, 6.07) is 9.46. The van der Waals surface area contributed by atoms with Crippen molar-refractivity contribution in [2.75, 3.05) is 38.5 Å². The van der Waals surface area contributed by atoms with Crippen LogP contribution in [-0.2, 0) is 4.79 Å². The van der Waals surface area contributed by atoms with Gasteiger partial charge in [0, 0.05) is 17.8 Å². The van der Waals surface area contributed by atoms with Gasteiger partial charge >= 0.3 is 0 Å². The smallest absolute Gasteiger partial charge is 0.243 e. The van der Waals surface area contributed by atoms with Gasteiger partial charge in [-0.05, 0) is 24.3 Å². The zero-order valence-electron chi connectivity index (χ0n) is 13.7. The molecule has 2 aromatic rings. The maximum Gasteiger partial charge on any atom is 0.243 e. The van der Waals surface area contributed by atoms with E-state index in [9.17, 15) is 9.18 Å². The Morgan fingerprint density at radius 3 is 2.33 bits per heavy atom. The highest BCUT2D eigenvalue weighted by atomic mass is 19.1. The summed E-state index contributed by atoms with van der Waals surface area (Å²) in [5, 5.41) is 5.56. The number of carbonyl (C=O) groups excluding carboxylic acids is 1. The predicted octanol–water partition coefficient (Wildman–Crippen LogP) is 2.90. The number of benzene rings is 2. The van der Waals surface area contributed by atoms with E-state index in [2.05, 4.69) is 10.6 Å². The largest absolute Gasteiger partial charge is 0.497 e. The molecule has 1 amide bonds.